The molecular formula is C13H17FN2O. The molecule has 1 aromatic carbocycles. The van der Waals surface area contributed by atoms with Crippen LogP contribution in [0.4, 0.5) is 15.8 Å². The summed E-state index contributed by atoms with van der Waals surface area (Å²) in [6.07, 6.45) is 3.11. The van der Waals surface area contributed by atoms with Crippen molar-refractivity contribution in [3.8, 4) is 0 Å². The minimum Gasteiger partial charge on any atom is -0.397 e. The molecule has 3 N–H and O–H groups in total. The van der Waals surface area contributed by atoms with Crippen LogP contribution < -0.4 is 11.1 Å². The maximum absolute atomic E-state index is 12.9. The number of amides is 1. The van der Waals surface area contributed by atoms with Crippen LogP contribution in [0.25, 0.3) is 0 Å². The molecule has 1 aromatic rings. The van der Waals surface area contributed by atoms with Gasteiger partial charge in [-0.2, -0.15) is 0 Å². The molecule has 1 fully saturated rings. The average molecular weight is 236 g/mol. The molecule has 1 saturated carbocycles. The van der Waals surface area contributed by atoms with Gasteiger partial charge in [0.05, 0.1) is 11.4 Å². The number of halogens is 1. The number of carbonyl (C=O) groups is 1. The first-order chi connectivity index (χ1) is 8.08. The van der Waals surface area contributed by atoms with Gasteiger partial charge >= 0.3 is 0 Å². The zero-order chi connectivity index (χ0) is 12.4. The predicted molar refractivity (Wildman–Crippen MR) is 65.9 cm³/mol. The Morgan fingerprint density at radius 2 is 2.24 bits per heavy atom. The second-order valence-corrected chi connectivity index (χ2v) is 4.74. The molecule has 92 valence electrons. The molecule has 0 heterocycles. The first kappa shape index (κ1) is 11.9. The molecule has 3 nitrogen and oxygen atoms in total. The molecule has 0 saturated heterocycles. The zero-order valence-electron chi connectivity index (χ0n) is 9.87. The molecule has 17 heavy (non-hydrogen) atoms. The lowest BCUT2D eigenvalue weighted by Crippen LogP contribution is -2.25. The zero-order valence-corrected chi connectivity index (χ0v) is 9.87. The minimum absolute atomic E-state index is 0.00620. The number of hydrogen-bond acceptors (Lipinski definition) is 2. The van der Waals surface area contributed by atoms with Gasteiger partial charge in [0, 0.05) is 5.92 Å². The Morgan fingerprint density at radius 3 is 2.82 bits per heavy atom. The van der Waals surface area contributed by atoms with Crippen molar-refractivity contribution >= 4 is 17.3 Å². The Hall–Kier alpha value is -1.58. The van der Waals surface area contributed by atoms with Gasteiger partial charge in [-0.25, -0.2) is 4.39 Å². The molecule has 4 heteroatoms. The highest BCUT2D eigenvalue weighted by molar-refractivity contribution is 5.95. The Bertz CT molecular complexity index is 433. The van der Waals surface area contributed by atoms with Crippen molar-refractivity contribution in [3.05, 3.63) is 24.0 Å². The van der Waals surface area contributed by atoms with Crippen molar-refractivity contribution in [1.29, 1.82) is 0 Å². The van der Waals surface area contributed by atoms with E-state index in [1.807, 2.05) is 0 Å². The largest absolute Gasteiger partial charge is 0.397 e. The number of nitrogen functional groups attached to an aromatic ring is 1. The summed E-state index contributed by atoms with van der Waals surface area (Å²) in [4.78, 5) is 12.0. The van der Waals surface area contributed by atoms with Crippen LogP contribution in [-0.2, 0) is 4.79 Å². The molecule has 1 amide bonds. The summed E-state index contributed by atoms with van der Waals surface area (Å²) in [7, 11) is 0. The maximum atomic E-state index is 12.9. The van der Waals surface area contributed by atoms with E-state index in [9.17, 15) is 9.18 Å². The average Bonchev–Trinajstić information content (AvgIpc) is 2.68. The number of nitrogens with one attached hydrogen (secondary N) is 1. The molecule has 0 radical (unpaired) electrons. The Labute approximate surface area is 100 Å². The third-order valence-corrected chi connectivity index (χ3v) is 3.47. The van der Waals surface area contributed by atoms with Gasteiger partial charge in [0.25, 0.3) is 0 Å². The van der Waals surface area contributed by atoms with Crippen LogP contribution in [0, 0.1) is 17.7 Å². The summed E-state index contributed by atoms with van der Waals surface area (Å²) in [6, 6.07) is 4.01. The summed E-state index contributed by atoms with van der Waals surface area (Å²) < 4.78 is 12.9. The Balaban J connectivity index is 2.07. The van der Waals surface area contributed by atoms with Crippen molar-refractivity contribution in [3.63, 3.8) is 0 Å². The van der Waals surface area contributed by atoms with E-state index in [1.165, 1.54) is 18.2 Å². The van der Waals surface area contributed by atoms with E-state index in [2.05, 4.69) is 12.2 Å². The van der Waals surface area contributed by atoms with Crippen LogP contribution in [0.5, 0.6) is 0 Å². The van der Waals surface area contributed by atoms with Gasteiger partial charge < -0.3 is 11.1 Å². The van der Waals surface area contributed by atoms with Crippen LogP contribution in [0.2, 0.25) is 0 Å². The van der Waals surface area contributed by atoms with Crippen LogP contribution >= 0.6 is 0 Å². The van der Waals surface area contributed by atoms with Crippen LogP contribution in [0.3, 0.4) is 0 Å². The number of carbonyl (C=O) groups excluding carboxylic acids is 1. The third kappa shape index (κ3) is 2.57. The third-order valence-electron chi connectivity index (χ3n) is 3.47. The van der Waals surface area contributed by atoms with Gasteiger partial charge in [0.1, 0.15) is 5.82 Å². The molecule has 2 atom stereocenters. The molecule has 0 aliphatic heterocycles. The second-order valence-electron chi connectivity index (χ2n) is 4.74. The minimum atomic E-state index is -0.394. The van der Waals surface area contributed by atoms with Gasteiger partial charge in [-0.3, -0.25) is 4.79 Å². The van der Waals surface area contributed by atoms with Crippen molar-refractivity contribution < 1.29 is 9.18 Å². The summed E-state index contributed by atoms with van der Waals surface area (Å²) in [6.45, 7) is 2.09. The first-order valence-electron chi connectivity index (χ1n) is 5.94. The Morgan fingerprint density at radius 1 is 1.47 bits per heavy atom. The molecule has 1 aliphatic carbocycles. The topological polar surface area (TPSA) is 55.1 Å². The maximum Gasteiger partial charge on any atom is 0.227 e. The number of benzene rings is 1. The van der Waals surface area contributed by atoms with Gasteiger partial charge in [0.15, 0.2) is 0 Å². The molecule has 2 rings (SSSR count). The summed E-state index contributed by atoms with van der Waals surface area (Å²) >= 11 is 0. The smallest absolute Gasteiger partial charge is 0.227 e. The van der Waals surface area contributed by atoms with Crippen molar-refractivity contribution in [2.45, 2.75) is 26.2 Å². The summed E-state index contributed by atoms with van der Waals surface area (Å²) in [5.41, 5.74) is 6.41. The molecule has 2 unspecified atom stereocenters. The van der Waals surface area contributed by atoms with Crippen LogP contribution in [-0.4, -0.2) is 5.91 Å². The normalized spacial score (nSPS) is 23.6. The van der Waals surface area contributed by atoms with E-state index in [-0.39, 0.29) is 17.5 Å². The van der Waals surface area contributed by atoms with Crippen LogP contribution in [0.15, 0.2) is 18.2 Å². The molecule has 0 bridgehead atoms. The van der Waals surface area contributed by atoms with Crippen molar-refractivity contribution in [1.82, 2.24) is 0 Å². The van der Waals surface area contributed by atoms with E-state index in [4.69, 9.17) is 5.73 Å². The highest BCUT2D eigenvalue weighted by Gasteiger charge is 2.29. The fourth-order valence-electron chi connectivity index (χ4n) is 2.41. The number of rotatable bonds is 2. The standard InChI is InChI=1S/C13H17FN2O/c1-8-3-2-4-10(8)13(17)16-12-6-5-9(14)7-11(12)15/h5-8,10H,2-4,15H2,1H3,(H,16,17). The van der Waals surface area contributed by atoms with Crippen molar-refractivity contribution in [2.75, 3.05) is 11.1 Å². The molecule has 0 aromatic heterocycles. The predicted octanol–water partition coefficient (Wildman–Crippen LogP) is 2.78. The quantitative estimate of drug-likeness (QED) is 0.776. The Kier molecular flexibility index (Phi) is 3.31. The van der Waals surface area contributed by atoms with E-state index < -0.39 is 5.82 Å². The SMILES string of the molecule is CC1CCCC1C(=O)Nc1ccc(F)cc1N. The summed E-state index contributed by atoms with van der Waals surface area (Å²) in [5, 5.41) is 2.78. The summed E-state index contributed by atoms with van der Waals surface area (Å²) in [5.74, 6) is 0.0687. The van der Waals surface area contributed by atoms with Gasteiger partial charge in [-0.15, -0.1) is 0 Å². The molecular weight excluding hydrogens is 219 g/mol. The highest BCUT2D eigenvalue weighted by Crippen LogP contribution is 2.32. The van der Waals surface area contributed by atoms with E-state index in [1.54, 1.807) is 0 Å². The molecule has 0 spiro atoms. The molecule has 1 aliphatic rings. The fourth-order valence-corrected chi connectivity index (χ4v) is 2.41. The van der Waals surface area contributed by atoms with E-state index >= 15 is 0 Å². The highest BCUT2D eigenvalue weighted by atomic mass is 19.1. The lowest BCUT2D eigenvalue weighted by Gasteiger charge is -2.16. The van der Waals surface area contributed by atoms with Gasteiger partial charge in [0.2, 0.25) is 5.91 Å². The lowest BCUT2D eigenvalue weighted by atomic mass is 9.97. The number of hydrogen-bond donors (Lipinski definition) is 2. The van der Waals surface area contributed by atoms with E-state index in [0.29, 0.717) is 11.6 Å². The lowest BCUT2D eigenvalue weighted by molar-refractivity contribution is -0.120. The van der Waals surface area contributed by atoms with E-state index in [0.717, 1.165) is 19.3 Å². The number of nitrogens with two attached hydrogens (primary N) is 1. The number of anilines is 2. The second kappa shape index (κ2) is 4.73. The van der Waals surface area contributed by atoms with Crippen molar-refractivity contribution in [2.24, 2.45) is 11.8 Å². The monoisotopic (exact) mass is 236 g/mol. The fraction of sp³-hybridized carbons (Fsp3) is 0.462. The van der Waals surface area contributed by atoms with Gasteiger partial charge in [-0.05, 0) is 37.0 Å². The van der Waals surface area contributed by atoms with Crippen LogP contribution in [0.1, 0.15) is 26.2 Å². The van der Waals surface area contributed by atoms with Gasteiger partial charge in [-0.1, -0.05) is 13.3 Å². The first-order valence-corrected chi connectivity index (χ1v) is 5.94.